The zero-order valence-electron chi connectivity index (χ0n) is 10.9. The second-order valence-corrected chi connectivity index (χ2v) is 5.29. The van der Waals surface area contributed by atoms with E-state index in [1.807, 2.05) is 37.3 Å². The van der Waals surface area contributed by atoms with Crippen LogP contribution in [0.2, 0.25) is 0 Å². The van der Waals surface area contributed by atoms with Crippen LogP contribution >= 0.6 is 0 Å². The first kappa shape index (κ1) is 13.0. The fourth-order valence-corrected chi connectivity index (χ4v) is 2.79. The second kappa shape index (κ2) is 5.94. The highest BCUT2D eigenvalue weighted by Crippen LogP contribution is 2.29. The summed E-state index contributed by atoms with van der Waals surface area (Å²) in [6, 6.07) is 9.35. The summed E-state index contributed by atoms with van der Waals surface area (Å²) in [6.45, 7) is 2.04. The van der Waals surface area contributed by atoms with E-state index in [9.17, 15) is 9.59 Å². The predicted octanol–water partition coefficient (Wildman–Crippen LogP) is 3.65. The van der Waals surface area contributed by atoms with Crippen LogP contribution in [0.25, 0.3) is 0 Å². The topological polar surface area (TPSA) is 34.1 Å². The molecule has 1 aromatic rings. The van der Waals surface area contributed by atoms with E-state index in [-0.39, 0.29) is 17.6 Å². The average molecular weight is 244 g/mol. The summed E-state index contributed by atoms with van der Waals surface area (Å²) in [7, 11) is 0. The fraction of sp³-hybridized carbons (Fsp3) is 0.500. The van der Waals surface area contributed by atoms with Gasteiger partial charge in [-0.3, -0.25) is 9.59 Å². The Balaban J connectivity index is 1.96. The Bertz CT molecular complexity index is 422. The van der Waals surface area contributed by atoms with Gasteiger partial charge in [-0.2, -0.15) is 0 Å². The van der Waals surface area contributed by atoms with Crippen LogP contribution in [0.1, 0.15) is 49.4 Å². The van der Waals surface area contributed by atoms with Gasteiger partial charge in [-0.1, -0.05) is 43.7 Å². The Morgan fingerprint density at radius 2 is 2.00 bits per heavy atom. The molecule has 0 aromatic heterocycles. The number of hydrogen-bond acceptors (Lipinski definition) is 2. The minimum Gasteiger partial charge on any atom is -0.299 e. The quantitative estimate of drug-likeness (QED) is 0.757. The number of carbonyl (C=O) groups excluding carboxylic acids is 2. The molecule has 0 aliphatic heterocycles. The van der Waals surface area contributed by atoms with Gasteiger partial charge < -0.3 is 0 Å². The van der Waals surface area contributed by atoms with E-state index >= 15 is 0 Å². The Morgan fingerprint density at radius 1 is 1.28 bits per heavy atom. The summed E-state index contributed by atoms with van der Waals surface area (Å²) in [5.74, 6) is 0.785. The molecule has 1 fully saturated rings. The normalized spacial score (nSPS) is 21.6. The molecule has 2 rings (SSSR count). The van der Waals surface area contributed by atoms with Crippen LogP contribution in [0.4, 0.5) is 0 Å². The standard InChI is InChI=1S/C16H20O2/c1-12(14-9-5-6-10-15(14)17)11-16(18)13-7-3-2-4-8-13/h2-4,7-8,12,14H,5-6,9-11H2,1H3. The molecule has 0 saturated heterocycles. The number of rotatable bonds is 4. The van der Waals surface area contributed by atoms with Gasteiger partial charge in [-0.05, 0) is 18.8 Å². The van der Waals surface area contributed by atoms with Crippen molar-refractivity contribution in [3.8, 4) is 0 Å². The molecule has 0 heterocycles. The smallest absolute Gasteiger partial charge is 0.163 e. The van der Waals surface area contributed by atoms with Crippen molar-refractivity contribution in [1.29, 1.82) is 0 Å². The first-order chi connectivity index (χ1) is 8.68. The van der Waals surface area contributed by atoms with E-state index in [2.05, 4.69) is 0 Å². The zero-order valence-corrected chi connectivity index (χ0v) is 10.9. The minimum atomic E-state index is 0.103. The summed E-state index contributed by atoms with van der Waals surface area (Å²) in [4.78, 5) is 23.9. The van der Waals surface area contributed by atoms with E-state index in [4.69, 9.17) is 0 Å². The van der Waals surface area contributed by atoms with Gasteiger partial charge >= 0.3 is 0 Å². The molecule has 1 aliphatic carbocycles. The van der Waals surface area contributed by atoms with E-state index in [1.54, 1.807) is 0 Å². The SMILES string of the molecule is CC(CC(=O)c1ccccc1)C1CCCCC1=O. The van der Waals surface area contributed by atoms with Gasteiger partial charge in [-0.25, -0.2) is 0 Å². The van der Waals surface area contributed by atoms with Crippen molar-refractivity contribution in [2.75, 3.05) is 0 Å². The summed E-state index contributed by atoms with van der Waals surface area (Å²) >= 11 is 0. The van der Waals surface area contributed by atoms with Gasteiger partial charge in [-0.15, -0.1) is 0 Å². The van der Waals surface area contributed by atoms with Crippen molar-refractivity contribution < 1.29 is 9.59 Å². The third kappa shape index (κ3) is 3.06. The number of benzene rings is 1. The molecule has 0 spiro atoms. The van der Waals surface area contributed by atoms with E-state index in [0.29, 0.717) is 18.6 Å². The zero-order chi connectivity index (χ0) is 13.0. The molecule has 18 heavy (non-hydrogen) atoms. The summed E-state index contributed by atoms with van der Waals surface area (Å²) in [5, 5.41) is 0. The van der Waals surface area contributed by atoms with Gasteiger partial charge in [0.1, 0.15) is 5.78 Å². The lowest BCUT2D eigenvalue weighted by atomic mass is 9.77. The molecule has 2 nitrogen and oxygen atoms in total. The largest absolute Gasteiger partial charge is 0.299 e. The molecule has 0 amide bonds. The first-order valence-electron chi connectivity index (χ1n) is 6.79. The van der Waals surface area contributed by atoms with Crippen LogP contribution in [0.15, 0.2) is 30.3 Å². The summed E-state index contributed by atoms with van der Waals surface area (Å²) in [6.07, 6.45) is 4.30. The lowest BCUT2D eigenvalue weighted by Gasteiger charge is -2.25. The maximum atomic E-state index is 12.1. The molecule has 0 radical (unpaired) electrons. The van der Waals surface area contributed by atoms with Gasteiger partial charge in [0.15, 0.2) is 5.78 Å². The number of carbonyl (C=O) groups is 2. The average Bonchev–Trinajstić information content (AvgIpc) is 2.40. The van der Waals surface area contributed by atoms with Crippen molar-refractivity contribution >= 4 is 11.6 Å². The monoisotopic (exact) mass is 244 g/mol. The van der Waals surface area contributed by atoms with Crippen LogP contribution in [0.3, 0.4) is 0 Å². The molecular weight excluding hydrogens is 224 g/mol. The maximum absolute atomic E-state index is 12.1. The van der Waals surface area contributed by atoms with Crippen LogP contribution in [-0.2, 0) is 4.79 Å². The van der Waals surface area contributed by atoms with Crippen LogP contribution in [0.5, 0.6) is 0 Å². The molecule has 2 atom stereocenters. The molecule has 1 saturated carbocycles. The molecule has 0 N–H and O–H groups in total. The Labute approximate surface area is 108 Å². The van der Waals surface area contributed by atoms with Gasteiger partial charge in [0, 0.05) is 24.3 Å². The van der Waals surface area contributed by atoms with Gasteiger partial charge in [0.2, 0.25) is 0 Å². The van der Waals surface area contributed by atoms with Crippen molar-refractivity contribution in [3.05, 3.63) is 35.9 Å². The number of ketones is 2. The molecule has 1 aromatic carbocycles. The van der Waals surface area contributed by atoms with E-state index in [1.165, 1.54) is 0 Å². The van der Waals surface area contributed by atoms with Crippen molar-refractivity contribution in [2.45, 2.75) is 39.0 Å². The van der Waals surface area contributed by atoms with Gasteiger partial charge in [0.05, 0.1) is 0 Å². The minimum absolute atomic E-state index is 0.103. The summed E-state index contributed by atoms with van der Waals surface area (Å²) < 4.78 is 0. The van der Waals surface area contributed by atoms with E-state index in [0.717, 1.165) is 24.8 Å². The highest BCUT2D eigenvalue weighted by Gasteiger charge is 2.28. The molecule has 1 aliphatic rings. The Morgan fingerprint density at radius 3 is 2.67 bits per heavy atom. The highest BCUT2D eigenvalue weighted by molar-refractivity contribution is 5.96. The third-order valence-corrected chi connectivity index (χ3v) is 3.89. The van der Waals surface area contributed by atoms with Crippen molar-refractivity contribution in [1.82, 2.24) is 0 Å². The van der Waals surface area contributed by atoms with Crippen molar-refractivity contribution in [3.63, 3.8) is 0 Å². The van der Waals surface area contributed by atoms with Crippen molar-refractivity contribution in [2.24, 2.45) is 11.8 Å². The second-order valence-electron chi connectivity index (χ2n) is 5.29. The maximum Gasteiger partial charge on any atom is 0.163 e. The Hall–Kier alpha value is -1.44. The molecule has 2 unspecified atom stereocenters. The fourth-order valence-electron chi connectivity index (χ4n) is 2.79. The molecule has 96 valence electrons. The van der Waals surface area contributed by atoms with E-state index < -0.39 is 0 Å². The van der Waals surface area contributed by atoms with Crippen LogP contribution in [0, 0.1) is 11.8 Å². The van der Waals surface area contributed by atoms with Crippen LogP contribution in [-0.4, -0.2) is 11.6 Å². The highest BCUT2D eigenvalue weighted by atomic mass is 16.1. The lowest BCUT2D eigenvalue weighted by molar-refractivity contribution is -0.126. The predicted molar refractivity (Wildman–Crippen MR) is 71.5 cm³/mol. The molecular formula is C16H20O2. The Kier molecular flexibility index (Phi) is 4.29. The molecule has 0 bridgehead atoms. The first-order valence-corrected chi connectivity index (χ1v) is 6.79. The van der Waals surface area contributed by atoms with Gasteiger partial charge in [0.25, 0.3) is 0 Å². The lowest BCUT2D eigenvalue weighted by Crippen LogP contribution is -2.26. The number of Topliss-reactive ketones (excluding diaryl/α,β-unsaturated/α-hetero) is 2. The third-order valence-electron chi connectivity index (χ3n) is 3.89. The van der Waals surface area contributed by atoms with Crippen LogP contribution < -0.4 is 0 Å². The summed E-state index contributed by atoms with van der Waals surface area (Å²) in [5.41, 5.74) is 0.757. The molecule has 2 heteroatoms. The number of hydrogen-bond donors (Lipinski definition) is 0.